The molecule has 0 fully saturated rings. The summed E-state index contributed by atoms with van der Waals surface area (Å²) in [6, 6.07) is 33.8. The molecule has 0 saturated carbocycles. The van der Waals surface area contributed by atoms with Gasteiger partial charge in [0.05, 0.1) is 10.9 Å². The highest BCUT2D eigenvalue weighted by molar-refractivity contribution is 7.97. The van der Waals surface area contributed by atoms with Crippen molar-refractivity contribution in [3.05, 3.63) is 113 Å². The number of fused-ring (bicyclic) bond motifs is 2. The van der Waals surface area contributed by atoms with Crippen molar-refractivity contribution in [3.8, 4) is 0 Å². The molecule has 1 heterocycles. The molecule has 5 rings (SSSR count). The summed E-state index contributed by atoms with van der Waals surface area (Å²) in [7, 11) is -0.279. The molecule has 0 aliphatic heterocycles. The fourth-order valence-electron chi connectivity index (χ4n) is 4.00. The number of hydrogen-bond donors (Lipinski definition) is 0. The van der Waals surface area contributed by atoms with E-state index in [4.69, 9.17) is 0 Å². The molecule has 0 N–H and O–H groups in total. The van der Waals surface area contributed by atoms with E-state index in [1.807, 2.05) is 24.3 Å². The molecule has 4 aromatic carbocycles. The summed E-state index contributed by atoms with van der Waals surface area (Å²) < 4.78 is 2.08. The van der Waals surface area contributed by atoms with Gasteiger partial charge < -0.3 is 0 Å². The number of benzene rings is 4. The molecule has 31 heavy (non-hydrogen) atoms. The Labute approximate surface area is 189 Å². The molecule has 0 bridgehead atoms. The van der Waals surface area contributed by atoms with Crippen molar-refractivity contribution in [2.75, 3.05) is 0 Å². The lowest BCUT2D eigenvalue weighted by Crippen LogP contribution is -2.10. The zero-order valence-electron chi connectivity index (χ0n) is 17.5. The molecule has 3 heteroatoms. The first-order valence-corrected chi connectivity index (χ1v) is 12.5. The Kier molecular flexibility index (Phi) is 5.39. The van der Waals surface area contributed by atoms with Gasteiger partial charge in [0.25, 0.3) is 0 Å². The van der Waals surface area contributed by atoms with Crippen molar-refractivity contribution in [2.24, 2.45) is 0 Å². The van der Waals surface area contributed by atoms with Crippen molar-refractivity contribution >= 4 is 42.4 Å². The van der Waals surface area contributed by atoms with E-state index in [0.29, 0.717) is 5.92 Å². The first kappa shape index (κ1) is 20.0. The van der Waals surface area contributed by atoms with E-state index in [2.05, 4.69) is 86.6 Å². The molecule has 1 atom stereocenters. The standard InChI is InChI=1S/C28H23OS2/c1-19(2)22-12-7-9-15-27(22)31(20-10-4-3-5-11-20)21-16-17-26-24(18-21)28(29)23-13-6-8-14-25(23)30-26/h3-19H,1-2H3/q+1. The van der Waals surface area contributed by atoms with Gasteiger partial charge in [-0.15, -0.1) is 11.3 Å². The van der Waals surface area contributed by atoms with E-state index in [-0.39, 0.29) is 16.3 Å². The summed E-state index contributed by atoms with van der Waals surface area (Å²) >= 11 is 1.69. The van der Waals surface area contributed by atoms with Crippen molar-refractivity contribution < 1.29 is 0 Å². The molecule has 0 saturated heterocycles. The van der Waals surface area contributed by atoms with E-state index in [1.165, 1.54) is 20.2 Å². The molecule has 1 unspecified atom stereocenters. The molecule has 0 aliphatic rings. The first-order chi connectivity index (χ1) is 15.1. The third kappa shape index (κ3) is 3.69. The highest BCUT2D eigenvalue weighted by Crippen LogP contribution is 2.37. The van der Waals surface area contributed by atoms with Crippen LogP contribution in [-0.4, -0.2) is 0 Å². The summed E-state index contributed by atoms with van der Waals surface area (Å²) in [6.07, 6.45) is 0. The quantitative estimate of drug-likeness (QED) is 0.208. The molecule has 1 aromatic heterocycles. The van der Waals surface area contributed by atoms with Crippen LogP contribution in [0, 0.1) is 0 Å². The van der Waals surface area contributed by atoms with Crippen LogP contribution in [0.15, 0.2) is 117 Å². The van der Waals surface area contributed by atoms with Gasteiger partial charge in [0.1, 0.15) is 0 Å². The lowest BCUT2D eigenvalue weighted by molar-refractivity contribution is 0.840. The Hall–Kier alpha value is -2.88. The molecular formula is C28H23OS2+. The predicted molar refractivity (Wildman–Crippen MR) is 135 cm³/mol. The molecule has 1 nitrogen and oxygen atoms in total. The van der Waals surface area contributed by atoms with E-state index in [1.54, 1.807) is 11.3 Å². The van der Waals surface area contributed by atoms with Gasteiger partial charge in [0.2, 0.25) is 0 Å². The highest BCUT2D eigenvalue weighted by Gasteiger charge is 2.32. The van der Waals surface area contributed by atoms with Crippen LogP contribution >= 0.6 is 11.3 Å². The van der Waals surface area contributed by atoms with Gasteiger partial charge in [-0.2, -0.15) is 0 Å². The average Bonchev–Trinajstić information content (AvgIpc) is 2.81. The van der Waals surface area contributed by atoms with E-state index in [9.17, 15) is 4.79 Å². The smallest absolute Gasteiger partial charge is 0.196 e. The zero-order chi connectivity index (χ0) is 21.4. The fourth-order valence-corrected chi connectivity index (χ4v) is 7.45. The second-order valence-corrected chi connectivity index (χ2v) is 11.0. The van der Waals surface area contributed by atoms with Crippen molar-refractivity contribution in [2.45, 2.75) is 34.5 Å². The van der Waals surface area contributed by atoms with E-state index in [0.717, 1.165) is 20.2 Å². The van der Waals surface area contributed by atoms with Gasteiger partial charge in [-0.1, -0.05) is 62.4 Å². The monoisotopic (exact) mass is 439 g/mol. The SMILES string of the molecule is CC(C)c1ccccc1[S+](c1ccccc1)c1ccc2sc3ccccc3c(=O)c2c1. The molecule has 0 aliphatic carbocycles. The molecule has 152 valence electrons. The molecule has 0 amide bonds. The third-order valence-electron chi connectivity index (χ3n) is 5.52. The van der Waals surface area contributed by atoms with Crippen LogP contribution in [0.5, 0.6) is 0 Å². The maximum absolute atomic E-state index is 13.3. The Balaban J connectivity index is 1.78. The Morgan fingerprint density at radius 3 is 2.16 bits per heavy atom. The molecule has 0 radical (unpaired) electrons. The van der Waals surface area contributed by atoms with Crippen molar-refractivity contribution in [1.29, 1.82) is 0 Å². The highest BCUT2D eigenvalue weighted by atomic mass is 32.2. The van der Waals surface area contributed by atoms with Crippen LogP contribution in [0.1, 0.15) is 25.3 Å². The minimum atomic E-state index is -0.279. The minimum absolute atomic E-state index is 0.125. The maximum Gasteiger partial charge on any atom is 0.196 e. The van der Waals surface area contributed by atoms with E-state index < -0.39 is 0 Å². The summed E-state index contributed by atoms with van der Waals surface area (Å²) in [6.45, 7) is 4.49. The maximum atomic E-state index is 13.3. The zero-order valence-corrected chi connectivity index (χ0v) is 19.2. The Morgan fingerprint density at radius 1 is 0.677 bits per heavy atom. The third-order valence-corrected chi connectivity index (χ3v) is 8.96. The van der Waals surface area contributed by atoms with Crippen LogP contribution in [0.3, 0.4) is 0 Å². The summed E-state index contributed by atoms with van der Waals surface area (Å²) in [5.74, 6) is 0.427. The average molecular weight is 440 g/mol. The number of rotatable bonds is 4. The lowest BCUT2D eigenvalue weighted by Gasteiger charge is -2.14. The van der Waals surface area contributed by atoms with Crippen molar-refractivity contribution in [1.82, 2.24) is 0 Å². The molecular weight excluding hydrogens is 416 g/mol. The fraction of sp³-hybridized carbons (Fsp3) is 0.107. The normalized spacial score (nSPS) is 12.5. The van der Waals surface area contributed by atoms with Gasteiger partial charge in [-0.05, 0) is 48.4 Å². The van der Waals surface area contributed by atoms with Crippen LogP contribution < -0.4 is 5.43 Å². The van der Waals surface area contributed by atoms with Crippen molar-refractivity contribution in [3.63, 3.8) is 0 Å². The second-order valence-electron chi connectivity index (χ2n) is 7.90. The van der Waals surface area contributed by atoms with Gasteiger partial charge in [-0.25, -0.2) is 0 Å². The minimum Gasteiger partial charge on any atom is -0.288 e. The lowest BCUT2D eigenvalue weighted by atomic mass is 10.0. The largest absolute Gasteiger partial charge is 0.288 e. The van der Waals surface area contributed by atoms with Gasteiger partial charge in [-0.3, -0.25) is 4.79 Å². The van der Waals surface area contributed by atoms with Gasteiger partial charge in [0.15, 0.2) is 20.1 Å². The van der Waals surface area contributed by atoms with Crippen LogP contribution in [0.25, 0.3) is 20.2 Å². The predicted octanol–water partition coefficient (Wildman–Crippen LogP) is 7.63. The Bertz CT molecular complexity index is 1430. The van der Waals surface area contributed by atoms with Crippen LogP contribution in [0.2, 0.25) is 0 Å². The van der Waals surface area contributed by atoms with E-state index >= 15 is 0 Å². The van der Waals surface area contributed by atoms with Gasteiger partial charge >= 0.3 is 0 Å². The Morgan fingerprint density at radius 2 is 1.35 bits per heavy atom. The molecule has 0 spiro atoms. The second kappa shape index (κ2) is 8.33. The van der Waals surface area contributed by atoms with Crippen LogP contribution in [-0.2, 0) is 10.9 Å². The topological polar surface area (TPSA) is 17.1 Å². The first-order valence-electron chi connectivity index (χ1n) is 10.5. The summed E-state index contributed by atoms with van der Waals surface area (Å²) in [5, 5.41) is 1.62. The number of hydrogen-bond acceptors (Lipinski definition) is 2. The summed E-state index contributed by atoms with van der Waals surface area (Å²) in [4.78, 5) is 17.1. The van der Waals surface area contributed by atoms with Crippen LogP contribution in [0.4, 0.5) is 0 Å². The molecule has 5 aromatic rings. The summed E-state index contributed by atoms with van der Waals surface area (Å²) in [5.41, 5.74) is 1.48. The van der Waals surface area contributed by atoms with Gasteiger partial charge in [0, 0.05) is 31.8 Å².